The average Bonchev–Trinajstić information content (AvgIpc) is 2.68. The van der Waals surface area contributed by atoms with Crippen LogP contribution in [0.3, 0.4) is 0 Å². The second-order valence-corrected chi connectivity index (χ2v) is 7.30. The Morgan fingerprint density at radius 1 is 0.821 bits per heavy atom. The fourth-order valence-corrected chi connectivity index (χ4v) is 3.46. The Morgan fingerprint density at radius 3 is 2.14 bits per heavy atom. The first-order valence-corrected chi connectivity index (χ1v) is 9.40. The number of alkyl halides is 3. The molecule has 0 spiro atoms. The molecule has 3 aromatic rings. The van der Waals surface area contributed by atoms with Gasteiger partial charge in [0.05, 0.1) is 11.1 Å². The minimum absolute atomic E-state index is 0.0238. The predicted molar refractivity (Wildman–Crippen MR) is 95.6 cm³/mol. The van der Waals surface area contributed by atoms with E-state index in [1.807, 2.05) is 0 Å². The zero-order chi connectivity index (χ0) is 20.4. The number of halogens is 3. The smallest absolute Gasteiger partial charge is 0.378 e. The monoisotopic (exact) mass is 406 g/mol. The molecule has 0 saturated carbocycles. The minimum atomic E-state index is -4.70. The van der Waals surface area contributed by atoms with Crippen LogP contribution < -0.4 is 4.18 Å². The highest BCUT2D eigenvalue weighted by atomic mass is 32.2. The van der Waals surface area contributed by atoms with Gasteiger partial charge in [0.15, 0.2) is 11.5 Å². The van der Waals surface area contributed by atoms with E-state index in [0.717, 1.165) is 18.2 Å². The highest BCUT2D eigenvalue weighted by Gasteiger charge is 2.32. The summed E-state index contributed by atoms with van der Waals surface area (Å²) < 4.78 is 68.6. The second kappa shape index (κ2) is 7.47. The molecule has 0 unspecified atom stereocenters. The van der Waals surface area contributed by atoms with Crippen molar-refractivity contribution in [3.05, 3.63) is 95.6 Å². The van der Waals surface area contributed by atoms with Crippen molar-refractivity contribution in [1.29, 1.82) is 0 Å². The molecule has 0 aliphatic rings. The number of hydrogen-bond acceptors (Lipinski definition) is 4. The molecule has 0 atom stereocenters. The first-order chi connectivity index (χ1) is 13.2. The lowest BCUT2D eigenvalue weighted by Gasteiger charge is -2.12. The lowest BCUT2D eigenvalue weighted by molar-refractivity contribution is -0.137. The number of hydrogen-bond donors (Lipinski definition) is 0. The second-order valence-electron chi connectivity index (χ2n) is 5.75. The van der Waals surface area contributed by atoms with Crippen molar-refractivity contribution >= 4 is 15.9 Å². The van der Waals surface area contributed by atoms with Crippen LogP contribution in [0, 0.1) is 0 Å². The van der Waals surface area contributed by atoms with Crippen molar-refractivity contribution in [3.63, 3.8) is 0 Å². The van der Waals surface area contributed by atoms with Crippen molar-refractivity contribution < 1.29 is 30.6 Å². The lowest BCUT2D eigenvalue weighted by Crippen LogP contribution is -2.14. The number of ketones is 1. The molecule has 0 heterocycles. The molecule has 0 saturated heterocycles. The van der Waals surface area contributed by atoms with Crippen molar-refractivity contribution in [3.8, 4) is 5.75 Å². The SMILES string of the molecule is O=C(c1ccccc1)c1ccccc1OS(=O)(=O)c1cccc(C(F)(F)F)c1. The Bertz CT molecular complexity index is 1110. The summed E-state index contributed by atoms with van der Waals surface area (Å²) in [7, 11) is -4.59. The molecule has 0 N–H and O–H groups in total. The molecule has 3 rings (SSSR count). The van der Waals surface area contributed by atoms with Gasteiger partial charge >= 0.3 is 16.3 Å². The zero-order valence-corrected chi connectivity index (χ0v) is 15.0. The highest BCUT2D eigenvalue weighted by molar-refractivity contribution is 7.87. The van der Waals surface area contributed by atoms with Crippen molar-refractivity contribution in [2.75, 3.05) is 0 Å². The van der Waals surface area contributed by atoms with Gasteiger partial charge in [-0.05, 0) is 30.3 Å². The summed E-state index contributed by atoms with van der Waals surface area (Å²) in [4.78, 5) is 12.0. The normalized spacial score (nSPS) is 11.8. The molecule has 0 fully saturated rings. The fourth-order valence-electron chi connectivity index (χ4n) is 2.47. The number of carbonyl (C=O) groups is 1. The van der Waals surface area contributed by atoms with E-state index in [1.54, 1.807) is 30.3 Å². The van der Waals surface area contributed by atoms with Crippen LogP contribution in [0.1, 0.15) is 21.5 Å². The summed E-state index contributed by atoms with van der Waals surface area (Å²) >= 11 is 0. The molecule has 0 radical (unpaired) electrons. The van der Waals surface area contributed by atoms with Gasteiger partial charge in [0.25, 0.3) is 0 Å². The third-order valence-electron chi connectivity index (χ3n) is 3.82. The molecule has 4 nitrogen and oxygen atoms in total. The summed E-state index contributed by atoms with van der Waals surface area (Å²) in [5.41, 5.74) is -0.829. The Morgan fingerprint density at radius 2 is 1.46 bits per heavy atom. The molecule has 0 aliphatic heterocycles. The Balaban J connectivity index is 1.97. The van der Waals surface area contributed by atoms with E-state index in [9.17, 15) is 26.4 Å². The van der Waals surface area contributed by atoms with Crippen LogP contribution in [0.4, 0.5) is 13.2 Å². The molecule has 144 valence electrons. The van der Waals surface area contributed by atoms with Crippen LogP contribution in [0.2, 0.25) is 0 Å². The fraction of sp³-hybridized carbons (Fsp3) is 0.0500. The maximum absolute atomic E-state index is 12.9. The third-order valence-corrected chi connectivity index (χ3v) is 5.05. The van der Waals surface area contributed by atoms with E-state index in [-0.39, 0.29) is 11.3 Å². The van der Waals surface area contributed by atoms with Crippen molar-refractivity contribution in [1.82, 2.24) is 0 Å². The first-order valence-electron chi connectivity index (χ1n) is 7.99. The van der Waals surface area contributed by atoms with E-state index in [4.69, 9.17) is 4.18 Å². The van der Waals surface area contributed by atoms with Gasteiger partial charge < -0.3 is 4.18 Å². The molecule has 0 aromatic heterocycles. The largest absolute Gasteiger partial charge is 0.416 e. The molecule has 0 bridgehead atoms. The van der Waals surface area contributed by atoms with E-state index < -0.39 is 32.5 Å². The Hall–Kier alpha value is -3.13. The summed E-state index contributed by atoms with van der Waals surface area (Å²) in [5, 5.41) is 0. The third kappa shape index (κ3) is 4.23. The topological polar surface area (TPSA) is 60.4 Å². The zero-order valence-electron chi connectivity index (χ0n) is 14.2. The van der Waals surface area contributed by atoms with Crippen LogP contribution in [-0.4, -0.2) is 14.2 Å². The van der Waals surface area contributed by atoms with Crippen LogP contribution in [-0.2, 0) is 16.3 Å². The molecule has 0 amide bonds. The lowest BCUT2D eigenvalue weighted by atomic mass is 10.0. The maximum Gasteiger partial charge on any atom is 0.416 e. The minimum Gasteiger partial charge on any atom is -0.378 e. The van der Waals surface area contributed by atoms with Gasteiger partial charge in [-0.25, -0.2) is 0 Å². The molecule has 8 heteroatoms. The number of carbonyl (C=O) groups excluding carboxylic acids is 1. The maximum atomic E-state index is 12.9. The van der Waals surface area contributed by atoms with E-state index >= 15 is 0 Å². The van der Waals surface area contributed by atoms with Gasteiger partial charge in [0.2, 0.25) is 0 Å². The quantitative estimate of drug-likeness (QED) is 0.455. The summed E-state index contributed by atoms with van der Waals surface area (Å²) in [5.74, 6) is -0.746. The van der Waals surface area contributed by atoms with Gasteiger partial charge in [-0.15, -0.1) is 0 Å². The summed E-state index contributed by atoms with van der Waals surface area (Å²) in [6, 6.07) is 17.0. The average molecular weight is 406 g/mol. The van der Waals surface area contributed by atoms with Gasteiger partial charge in [-0.2, -0.15) is 21.6 Å². The number of benzene rings is 3. The van der Waals surface area contributed by atoms with Gasteiger partial charge in [-0.1, -0.05) is 48.5 Å². The van der Waals surface area contributed by atoms with E-state index in [2.05, 4.69) is 0 Å². The van der Waals surface area contributed by atoms with Crippen LogP contribution in [0.5, 0.6) is 5.75 Å². The molecule has 0 aliphatic carbocycles. The molecular formula is C20H13F3O4S. The summed E-state index contributed by atoms with van der Waals surface area (Å²) in [6.07, 6.45) is -4.70. The summed E-state index contributed by atoms with van der Waals surface area (Å²) in [6.45, 7) is 0. The molecule has 28 heavy (non-hydrogen) atoms. The van der Waals surface area contributed by atoms with Crippen LogP contribution >= 0.6 is 0 Å². The highest BCUT2D eigenvalue weighted by Crippen LogP contribution is 2.31. The molecular weight excluding hydrogens is 393 g/mol. The standard InChI is InChI=1S/C20H13F3O4S/c21-20(22,23)15-9-6-10-16(13-15)28(25,26)27-18-12-5-4-11-17(18)19(24)14-7-2-1-3-8-14/h1-13H. The van der Waals surface area contributed by atoms with Gasteiger partial charge in [0, 0.05) is 5.56 Å². The van der Waals surface area contributed by atoms with Gasteiger partial charge in [0.1, 0.15) is 4.90 Å². The van der Waals surface area contributed by atoms with Crippen molar-refractivity contribution in [2.45, 2.75) is 11.1 Å². The van der Waals surface area contributed by atoms with Gasteiger partial charge in [-0.3, -0.25) is 4.79 Å². The predicted octanol–water partition coefficient (Wildman–Crippen LogP) is 4.70. The van der Waals surface area contributed by atoms with E-state index in [1.165, 1.54) is 24.3 Å². The first kappa shape index (κ1) is 19.6. The van der Waals surface area contributed by atoms with E-state index in [0.29, 0.717) is 11.6 Å². The number of para-hydroxylation sites is 1. The molecule has 3 aromatic carbocycles. The van der Waals surface area contributed by atoms with Crippen LogP contribution in [0.15, 0.2) is 83.8 Å². The number of rotatable bonds is 5. The Kier molecular flexibility index (Phi) is 5.24. The Labute approximate surface area is 159 Å². The van der Waals surface area contributed by atoms with Crippen LogP contribution in [0.25, 0.3) is 0 Å². The van der Waals surface area contributed by atoms with Crippen molar-refractivity contribution in [2.24, 2.45) is 0 Å².